The molecule has 0 aliphatic heterocycles. The van der Waals surface area contributed by atoms with E-state index in [2.05, 4.69) is 20.5 Å². The lowest BCUT2D eigenvalue weighted by Gasteiger charge is -2.17. The molecule has 2 N–H and O–H groups in total. The first-order valence-electron chi connectivity index (χ1n) is 8.58. The molecular weight excluding hydrogens is 362 g/mol. The van der Waals surface area contributed by atoms with Crippen molar-refractivity contribution >= 4 is 28.4 Å². The lowest BCUT2D eigenvalue weighted by atomic mass is 10.1. The van der Waals surface area contributed by atoms with Crippen LogP contribution in [0.5, 0.6) is 0 Å². The average Bonchev–Trinajstić information content (AvgIpc) is 3.27. The number of fused-ring (bicyclic) bond motifs is 1. The van der Waals surface area contributed by atoms with Gasteiger partial charge in [-0.25, -0.2) is 4.98 Å². The maximum atomic E-state index is 12.8. The van der Waals surface area contributed by atoms with Gasteiger partial charge in [0.05, 0.1) is 0 Å². The van der Waals surface area contributed by atoms with Crippen molar-refractivity contribution in [2.75, 3.05) is 0 Å². The molecule has 0 aliphatic carbocycles. The fourth-order valence-electron chi connectivity index (χ4n) is 3.09. The second kappa shape index (κ2) is 7.25. The van der Waals surface area contributed by atoms with Crippen LogP contribution in [0, 0.1) is 6.92 Å². The largest absolute Gasteiger partial charge is 0.340 e. The van der Waals surface area contributed by atoms with E-state index in [1.165, 1.54) is 0 Å². The number of H-pyrrole nitrogens is 1. The lowest BCUT2D eigenvalue weighted by Crippen LogP contribution is -2.32. The van der Waals surface area contributed by atoms with Crippen LogP contribution in [0.4, 0.5) is 0 Å². The zero-order valence-corrected chi connectivity index (χ0v) is 15.4. The van der Waals surface area contributed by atoms with Crippen molar-refractivity contribution in [3.63, 3.8) is 0 Å². The topological polar surface area (TPSA) is 75.6 Å². The number of nitrogens with one attached hydrogen (secondary N) is 2. The first-order chi connectivity index (χ1) is 13.1. The lowest BCUT2D eigenvalue weighted by molar-refractivity contribution is -0.122. The third-order valence-corrected chi connectivity index (χ3v) is 4.60. The van der Waals surface area contributed by atoms with Gasteiger partial charge < -0.3 is 9.88 Å². The smallest absolute Gasteiger partial charge is 0.240 e. The number of hydrogen-bond donors (Lipinski definition) is 2. The summed E-state index contributed by atoms with van der Waals surface area (Å²) in [6.45, 7) is 2.01. The molecule has 0 radical (unpaired) electrons. The predicted molar refractivity (Wildman–Crippen MR) is 104 cm³/mol. The van der Waals surface area contributed by atoms with Gasteiger partial charge in [0.25, 0.3) is 0 Å². The summed E-state index contributed by atoms with van der Waals surface area (Å²) < 4.78 is 1.88. The summed E-state index contributed by atoms with van der Waals surface area (Å²) >= 11 is 6.10. The predicted octanol–water partition coefficient (Wildman–Crippen LogP) is 3.63. The molecule has 7 heteroatoms. The summed E-state index contributed by atoms with van der Waals surface area (Å²) in [6, 6.07) is 16.9. The Bertz CT molecular complexity index is 1090. The van der Waals surface area contributed by atoms with Crippen LogP contribution >= 0.6 is 11.6 Å². The second-order valence-corrected chi connectivity index (χ2v) is 6.77. The van der Waals surface area contributed by atoms with Gasteiger partial charge in [0.2, 0.25) is 5.91 Å². The van der Waals surface area contributed by atoms with E-state index in [0.717, 1.165) is 16.5 Å². The first-order valence-corrected chi connectivity index (χ1v) is 8.95. The first kappa shape index (κ1) is 17.3. The summed E-state index contributed by atoms with van der Waals surface area (Å²) in [7, 11) is 0. The van der Waals surface area contributed by atoms with Crippen LogP contribution < -0.4 is 5.32 Å². The van der Waals surface area contributed by atoms with Crippen molar-refractivity contribution in [1.29, 1.82) is 0 Å². The van der Waals surface area contributed by atoms with Crippen molar-refractivity contribution in [2.45, 2.75) is 19.5 Å². The summed E-state index contributed by atoms with van der Waals surface area (Å²) in [5.74, 6) is 1.10. The minimum atomic E-state index is -0.422. The molecule has 136 valence electrons. The number of amides is 1. The summed E-state index contributed by atoms with van der Waals surface area (Å²) in [5, 5.41) is 11.8. The Balaban J connectivity index is 1.59. The number of aryl methyl sites for hydroxylation is 1. The van der Waals surface area contributed by atoms with E-state index in [-0.39, 0.29) is 12.5 Å². The second-order valence-electron chi connectivity index (χ2n) is 6.34. The van der Waals surface area contributed by atoms with Crippen molar-refractivity contribution in [3.8, 4) is 0 Å². The van der Waals surface area contributed by atoms with Crippen molar-refractivity contribution in [1.82, 2.24) is 25.1 Å². The summed E-state index contributed by atoms with van der Waals surface area (Å²) in [5.41, 5.74) is 1.84. The number of aromatic nitrogens is 4. The van der Waals surface area contributed by atoms with Crippen LogP contribution in [0.1, 0.15) is 23.3 Å². The molecule has 0 bridgehead atoms. The molecule has 27 heavy (non-hydrogen) atoms. The molecular formula is C20H18ClN5O. The molecule has 6 nitrogen and oxygen atoms in total. The zero-order chi connectivity index (χ0) is 18.8. The number of benzene rings is 2. The standard InChI is InChI=1S/C20H18ClN5O/c1-13-22-20(25-24-13)19(15-5-3-2-4-6-15)23-18(27)12-26-10-9-14-7-8-16(21)11-17(14)26/h2-11,19H,12H2,1H3,(H,23,27)(H,22,24,25). The molecule has 0 spiro atoms. The van der Waals surface area contributed by atoms with E-state index in [4.69, 9.17) is 11.6 Å². The van der Waals surface area contributed by atoms with E-state index in [9.17, 15) is 4.79 Å². The van der Waals surface area contributed by atoms with Gasteiger partial charge in [-0.1, -0.05) is 48.0 Å². The van der Waals surface area contributed by atoms with Crippen LogP contribution in [0.15, 0.2) is 60.8 Å². The Kier molecular flexibility index (Phi) is 4.64. The van der Waals surface area contributed by atoms with Crippen LogP contribution in [0.2, 0.25) is 5.02 Å². The SMILES string of the molecule is Cc1nc(C(NC(=O)Cn2ccc3ccc(Cl)cc32)c2ccccc2)n[nH]1. The quantitative estimate of drug-likeness (QED) is 0.556. The molecule has 0 fully saturated rings. The normalized spacial score (nSPS) is 12.2. The van der Waals surface area contributed by atoms with Crippen molar-refractivity contribution in [2.24, 2.45) is 0 Å². The fraction of sp³-hybridized carbons (Fsp3) is 0.150. The van der Waals surface area contributed by atoms with E-state index < -0.39 is 6.04 Å². The Morgan fingerprint density at radius 1 is 1.22 bits per heavy atom. The maximum Gasteiger partial charge on any atom is 0.240 e. The van der Waals surface area contributed by atoms with E-state index in [1.807, 2.05) is 72.3 Å². The molecule has 4 rings (SSSR count). The number of carbonyl (C=O) groups is 1. The fourth-order valence-corrected chi connectivity index (χ4v) is 3.25. The Labute approximate surface area is 161 Å². The van der Waals surface area contributed by atoms with Gasteiger partial charge in [0.1, 0.15) is 18.4 Å². The summed E-state index contributed by atoms with van der Waals surface area (Å²) in [6.07, 6.45) is 1.88. The maximum absolute atomic E-state index is 12.8. The molecule has 2 aromatic heterocycles. The van der Waals surface area contributed by atoms with E-state index in [1.54, 1.807) is 0 Å². The van der Waals surface area contributed by atoms with Gasteiger partial charge >= 0.3 is 0 Å². The van der Waals surface area contributed by atoms with E-state index >= 15 is 0 Å². The Hall–Kier alpha value is -3.12. The van der Waals surface area contributed by atoms with E-state index in [0.29, 0.717) is 16.7 Å². The monoisotopic (exact) mass is 379 g/mol. The third kappa shape index (κ3) is 3.71. The minimum absolute atomic E-state index is 0.135. The number of rotatable bonds is 5. The van der Waals surface area contributed by atoms with Gasteiger partial charge in [-0.2, -0.15) is 5.10 Å². The molecule has 0 saturated heterocycles. The Morgan fingerprint density at radius 3 is 2.78 bits per heavy atom. The third-order valence-electron chi connectivity index (χ3n) is 4.36. The van der Waals surface area contributed by atoms with Gasteiger partial charge in [-0.05, 0) is 36.1 Å². The molecule has 1 amide bonds. The Morgan fingerprint density at radius 2 is 2.04 bits per heavy atom. The molecule has 0 saturated carbocycles. The van der Waals surface area contributed by atoms with Crippen molar-refractivity contribution < 1.29 is 4.79 Å². The highest BCUT2D eigenvalue weighted by Gasteiger charge is 2.21. The number of halogens is 1. The van der Waals surface area contributed by atoms with Crippen LogP contribution in [-0.2, 0) is 11.3 Å². The summed E-state index contributed by atoms with van der Waals surface area (Å²) in [4.78, 5) is 17.2. The van der Waals surface area contributed by atoms with Gasteiger partial charge in [-0.3, -0.25) is 9.89 Å². The van der Waals surface area contributed by atoms with Gasteiger partial charge in [0.15, 0.2) is 5.82 Å². The van der Waals surface area contributed by atoms with Crippen molar-refractivity contribution in [3.05, 3.63) is 83.0 Å². The highest BCUT2D eigenvalue weighted by Crippen LogP contribution is 2.22. The zero-order valence-electron chi connectivity index (χ0n) is 14.7. The van der Waals surface area contributed by atoms with Crippen LogP contribution in [0.25, 0.3) is 10.9 Å². The number of aromatic amines is 1. The van der Waals surface area contributed by atoms with Crippen LogP contribution in [0.3, 0.4) is 0 Å². The molecule has 1 atom stereocenters. The van der Waals surface area contributed by atoms with Crippen LogP contribution in [-0.4, -0.2) is 25.7 Å². The highest BCUT2D eigenvalue weighted by atomic mass is 35.5. The number of nitrogens with zero attached hydrogens (tertiary/aromatic N) is 3. The van der Waals surface area contributed by atoms with Gasteiger partial charge in [0, 0.05) is 16.7 Å². The molecule has 0 aliphatic rings. The molecule has 1 unspecified atom stereocenters. The molecule has 2 heterocycles. The molecule has 2 aromatic carbocycles. The number of carbonyl (C=O) groups excluding carboxylic acids is 1. The highest BCUT2D eigenvalue weighted by molar-refractivity contribution is 6.31. The molecule has 4 aromatic rings. The minimum Gasteiger partial charge on any atom is -0.340 e. The number of hydrogen-bond acceptors (Lipinski definition) is 3. The average molecular weight is 380 g/mol. The van der Waals surface area contributed by atoms with Gasteiger partial charge in [-0.15, -0.1) is 0 Å².